The minimum Gasteiger partial charge on any atom is -0.491 e. The summed E-state index contributed by atoms with van der Waals surface area (Å²) in [6, 6.07) is 4.83. The summed E-state index contributed by atoms with van der Waals surface area (Å²) >= 11 is 6.15. The summed E-state index contributed by atoms with van der Waals surface area (Å²) in [7, 11) is 2.16. The second kappa shape index (κ2) is 8.01. The molecule has 1 N–H and O–H groups in total. The summed E-state index contributed by atoms with van der Waals surface area (Å²) in [5.41, 5.74) is -0.329. The summed E-state index contributed by atoms with van der Waals surface area (Å²) in [5.74, 6) is -6.56. The molecule has 0 bridgehead atoms. The van der Waals surface area contributed by atoms with Crippen LogP contribution in [0.3, 0.4) is 0 Å². The fraction of sp³-hybridized carbons (Fsp3) is 0.350. The highest BCUT2D eigenvalue weighted by Gasteiger charge is 2.62. The highest BCUT2D eigenvalue weighted by Crippen LogP contribution is 2.48. The van der Waals surface area contributed by atoms with Gasteiger partial charge in [-0.15, -0.1) is 0 Å². The normalized spacial score (nSPS) is 14.4. The number of ether oxygens (including phenoxy) is 1. The Balaban J connectivity index is 1.72. The van der Waals surface area contributed by atoms with Gasteiger partial charge in [0.1, 0.15) is 0 Å². The van der Waals surface area contributed by atoms with Crippen LogP contribution in [0.5, 0.6) is 5.75 Å². The number of halogens is 6. The fourth-order valence-electron chi connectivity index (χ4n) is 3.23. The third-order valence-corrected chi connectivity index (χ3v) is 5.42. The zero-order valence-corrected chi connectivity index (χ0v) is 18.0. The van der Waals surface area contributed by atoms with Crippen LogP contribution in [0.1, 0.15) is 28.9 Å². The molecule has 33 heavy (non-hydrogen) atoms. The van der Waals surface area contributed by atoms with Gasteiger partial charge in [0.05, 0.1) is 23.9 Å². The number of aryl methyl sites for hydroxylation is 1. The topological polar surface area (TPSA) is 74.0 Å². The van der Waals surface area contributed by atoms with Crippen LogP contribution in [0, 0.1) is 0 Å². The van der Waals surface area contributed by atoms with E-state index in [1.54, 1.807) is 12.1 Å². The number of nitrogens with zero attached hydrogens (tertiary/aromatic N) is 4. The van der Waals surface area contributed by atoms with Gasteiger partial charge in [-0.05, 0) is 30.5 Å². The van der Waals surface area contributed by atoms with E-state index in [1.165, 1.54) is 25.5 Å². The molecule has 4 rings (SSSR count). The number of aromatic nitrogens is 4. The highest BCUT2D eigenvalue weighted by atomic mass is 35.5. The molecule has 2 aromatic heterocycles. The van der Waals surface area contributed by atoms with Gasteiger partial charge in [-0.2, -0.15) is 32.1 Å². The molecule has 0 atom stereocenters. The second-order valence-electron chi connectivity index (χ2n) is 7.52. The quantitative estimate of drug-likeness (QED) is 0.518. The molecule has 13 heteroatoms. The Morgan fingerprint density at radius 2 is 1.91 bits per heavy atom. The van der Waals surface area contributed by atoms with Gasteiger partial charge >= 0.3 is 12.1 Å². The maximum absolute atomic E-state index is 14.0. The van der Waals surface area contributed by atoms with E-state index in [0.717, 1.165) is 29.3 Å². The van der Waals surface area contributed by atoms with E-state index >= 15 is 0 Å². The average molecular weight is 490 g/mol. The van der Waals surface area contributed by atoms with Crippen LogP contribution in [-0.4, -0.2) is 44.8 Å². The summed E-state index contributed by atoms with van der Waals surface area (Å²) in [6.45, 7) is 0. The van der Waals surface area contributed by atoms with Gasteiger partial charge in [0.15, 0.2) is 17.3 Å². The van der Waals surface area contributed by atoms with E-state index in [9.17, 15) is 26.7 Å². The first-order valence-electron chi connectivity index (χ1n) is 9.66. The van der Waals surface area contributed by atoms with Crippen molar-refractivity contribution in [2.24, 2.45) is 7.05 Å². The zero-order chi connectivity index (χ0) is 24.1. The number of amides is 1. The predicted octanol–water partition coefficient (Wildman–Crippen LogP) is 4.48. The van der Waals surface area contributed by atoms with Gasteiger partial charge < -0.3 is 10.1 Å². The van der Waals surface area contributed by atoms with Crippen LogP contribution in [0.15, 0.2) is 30.6 Å². The van der Waals surface area contributed by atoms with Gasteiger partial charge in [0, 0.05) is 24.8 Å². The van der Waals surface area contributed by atoms with E-state index in [4.69, 9.17) is 16.3 Å². The van der Waals surface area contributed by atoms with Crippen LogP contribution in [0.25, 0.3) is 16.9 Å². The lowest BCUT2D eigenvalue weighted by Crippen LogP contribution is -2.34. The Bertz CT molecular complexity index is 1220. The Kier molecular flexibility index (Phi) is 5.59. The number of carbonyl (C=O) groups is 1. The van der Waals surface area contributed by atoms with Gasteiger partial charge in [-0.25, -0.2) is 9.36 Å². The summed E-state index contributed by atoms with van der Waals surface area (Å²) in [4.78, 5) is 12.4. The van der Waals surface area contributed by atoms with E-state index in [-0.39, 0.29) is 28.4 Å². The van der Waals surface area contributed by atoms with Crippen LogP contribution in [0.4, 0.5) is 22.0 Å². The number of nitrogens with one attached hydrogen (secondary N) is 1. The van der Waals surface area contributed by atoms with E-state index in [2.05, 4.69) is 15.5 Å². The highest BCUT2D eigenvalue weighted by molar-refractivity contribution is 6.34. The first kappa shape index (κ1) is 23.0. The molecular formula is C20H17ClF5N5O2. The Labute approximate surface area is 189 Å². The Morgan fingerprint density at radius 1 is 1.21 bits per heavy atom. The van der Waals surface area contributed by atoms with Gasteiger partial charge in [-0.1, -0.05) is 17.7 Å². The number of benzene rings is 1. The molecule has 2 heterocycles. The predicted molar refractivity (Wildman–Crippen MR) is 108 cm³/mol. The number of hydrogen-bond donors (Lipinski definition) is 1. The summed E-state index contributed by atoms with van der Waals surface area (Å²) < 4.78 is 73.4. The fourth-order valence-corrected chi connectivity index (χ4v) is 3.44. The molecule has 0 unspecified atom stereocenters. The largest absolute Gasteiger partial charge is 0.491 e. The van der Waals surface area contributed by atoms with Crippen molar-refractivity contribution in [2.75, 3.05) is 7.11 Å². The molecule has 3 aromatic rings. The summed E-state index contributed by atoms with van der Waals surface area (Å²) in [6.07, 6.45) is -1.31. The standard InChI is InChI=1S/C20H17ClF5N5O2/c1-30-18(15(33-2)16(29-30)19(22,23)20(24,25)26)31-9-11(8-27-31)10-3-6-14(21)13(7-10)17(32)28-12-4-5-12/h3,6-9,12H,4-5H2,1-2H3,(H,28,32). The minimum atomic E-state index is -5.86. The van der Waals surface area contributed by atoms with Crippen LogP contribution in [-0.2, 0) is 13.0 Å². The molecule has 0 saturated heterocycles. The second-order valence-corrected chi connectivity index (χ2v) is 7.92. The minimum absolute atomic E-state index is 0.126. The number of hydrogen-bond acceptors (Lipinski definition) is 4. The first-order chi connectivity index (χ1) is 15.4. The van der Waals surface area contributed by atoms with Crippen molar-refractivity contribution in [3.8, 4) is 22.7 Å². The van der Waals surface area contributed by atoms with Crippen molar-refractivity contribution in [1.29, 1.82) is 0 Å². The molecule has 0 aliphatic heterocycles. The maximum atomic E-state index is 14.0. The molecule has 0 radical (unpaired) electrons. The van der Waals surface area contributed by atoms with Crippen LogP contribution < -0.4 is 10.1 Å². The van der Waals surface area contributed by atoms with Gasteiger partial charge in [-0.3, -0.25) is 4.79 Å². The lowest BCUT2D eigenvalue weighted by atomic mass is 10.1. The van der Waals surface area contributed by atoms with Gasteiger partial charge in [0.2, 0.25) is 0 Å². The monoisotopic (exact) mass is 489 g/mol. The molecule has 176 valence electrons. The van der Waals surface area contributed by atoms with Crippen molar-refractivity contribution in [1.82, 2.24) is 24.9 Å². The lowest BCUT2D eigenvalue weighted by molar-refractivity contribution is -0.291. The molecule has 1 fully saturated rings. The number of methoxy groups -OCH3 is 1. The molecule has 1 aromatic carbocycles. The number of carbonyl (C=O) groups excluding carboxylic acids is 1. The molecule has 1 aliphatic carbocycles. The third kappa shape index (κ3) is 4.14. The Hall–Kier alpha value is -3.15. The average Bonchev–Trinajstić information content (AvgIpc) is 3.29. The lowest BCUT2D eigenvalue weighted by Gasteiger charge is -2.18. The van der Waals surface area contributed by atoms with E-state index in [0.29, 0.717) is 11.1 Å². The molecule has 7 nitrogen and oxygen atoms in total. The number of alkyl halides is 5. The van der Waals surface area contributed by atoms with Crippen LogP contribution in [0.2, 0.25) is 5.02 Å². The molecule has 1 amide bonds. The molecule has 1 aliphatic rings. The van der Waals surface area contributed by atoms with Crippen molar-refractivity contribution in [3.05, 3.63) is 46.9 Å². The Morgan fingerprint density at radius 3 is 2.52 bits per heavy atom. The SMILES string of the molecule is COc1c(C(F)(F)C(F)(F)F)nn(C)c1-n1cc(-c2ccc(Cl)c(C(=O)NC3CC3)c2)cn1. The van der Waals surface area contributed by atoms with Crippen molar-refractivity contribution in [3.63, 3.8) is 0 Å². The number of rotatable bonds is 6. The van der Waals surface area contributed by atoms with Crippen molar-refractivity contribution < 1.29 is 31.5 Å². The van der Waals surface area contributed by atoms with Crippen molar-refractivity contribution >= 4 is 17.5 Å². The molecule has 1 saturated carbocycles. The maximum Gasteiger partial charge on any atom is 0.459 e. The third-order valence-electron chi connectivity index (χ3n) is 5.09. The molecular weight excluding hydrogens is 473 g/mol. The van der Waals surface area contributed by atoms with E-state index in [1.807, 2.05) is 0 Å². The zero-order valence-electron chi connectivity index (χ0n) is 17.3. The molecule has 0 spiro atoms. The van der Waals surface area contributed by atoms with E-state index < -0.39 is 23.5 Å². The smallest absolute Gasteiger partial charge is 0.459 e. The van der Waals surface area contributed by atoms with Gasteiger partial charge in [0.25, 0.3) is 5.91 Å². The van der Waals surface area contributed by atoms with Crippen molar-refractivity contribution in [2.45, 2.75) is 31.0 Å². The van der Waals surface area contributed by atoms with Crippen LogP contribution >= 0.6 is 11.6 Å². The summed E-state index contributed by atoms with van der Waals surface area (Å²) in [5, 5.41) is 10.5. The first-order valence-corrected chi connectivity index (χ1v) is 10.0.